The number of aromatic nitrogens is 1. The molecule has 1 aliphatic heterocycles. The fourth-order valence-corrected chi connectivity index (χ4v) is 2.19. The van der Waals surface area contributed by atoms with Crippen molar-refractivity contribution in [2.75, 3.05) is 13.2 Å². The van der Waals surface area contributed by atoms with E-state index in [2.05, 4.69) is 4.98 Å². The Morgan fingerprint density at radius 1 is 1.71 bits per heavy atom. The van der Waals surface area contributed by atoms with E-state index in [1.807, 2.05) is 5.38 Å². The fourth-order valence-electron chi connectivity index (χ4n) is 1.64. The second-order valence-electron chi connectivity index (χ2n) is 3.51. The van der Waals surface area contributed by atoms with Gasteiger partial charge in [0.25, 0.3) is 0 Å². The van der Waals surface area contributed by atoms with E-state index in [4.69, 9.17) is 5.11 Å². The number of hydrogen-bond donors (Lipinski definition) is 1. The van der Waals surface area contributed by atoms with Gasteiger partial charge in [0, 0.05) is 30.9 Å². The molecular formula is C9H12N2O2S. The average Bonchev–Trinajstić information content (AvgIpc) is 2.78. The van der Waals surface area contributed by atoms with Gasteiger partial charge < -0.3 is 10.0 Å². The molecule has 1 N–H and O–H groups in total. The molecule has 1 unspecified atom stereocenters. The van der Waals surface area contributed by atoms with Gasteiger partial charge >= 0.3 is 0 Å². The smallest absolute Gasteiger partial charge is 0.223 e. The third-order valence-electron chi connectivity index (χ3n) is 2.39. The number of hydrogen-bond acceptors (Lipinski definition) is 4. The molecular weight excluding hydrogens is 200 g/mol. The van der Waals surface area contributed by atoms with Crippen LogP contribution in [0.25, 0.3) is 0 Å². The molecule has 1 aromatic rings. The molecule has 0 spiro atoms. The summed E-state index contributed by atoms with van der Waals surface area (Å²) in [6, 6.07) is 0. The first-order valence-corrected chi connectivity index (χ1v) is 5.49. The summed E-state index contributed by atoms with van der Waals surface area (Å²) < 4.78 is 0. The van der Waals surface area contributed by atoms with Crippen LogP contribution in [0.4, 0.5) is 0 Å². The van der Waals surface area contributed by atoms with E-state index in [9.17, 15) is 4.79 Å². The summed E-state index contributed by atoms with van der Waals surface area (Å²) in [4.78, 5) is 17.3. The lowest BCUT2D eigenvalue weighted by Crippen LogP contribution is -2.25. The van der Waals surface area contributed by atoms with Crippen molar-refractivity contribution >= 4 is 17.2 Å². The van der Waals surface area contributed by atoms with Crippen LogP contribution in [-0.4, -0.2) is 34.0 Å². The van der Waals surface area contributed by atoms with E-state index in [0.717, 1.165) is 5.69 Å². The standard InChI is InChI=1S/C9H12N2O2S/c12-4-7-1-9(13)11(2-7)3-8-5-14-6-10-8/h5-7,12H,1-4H2. The highest BCUT2D eigenvalue weighted by atomic mass is 32.1. The molecule has 1 aromatic heterocycles. The minimum absolute atomic E-state index is 0.0965. The van der Waals surface area contributed by atoms with E-state index >= 15 is 0 Å². The summed E-state index contributed by atoms with van der Waals surface area (Å²) >= 11 is 1.53. The molecule has 1 amide bonds. The number of carbonyl (C=O) groups excluding carboxylic acids is 1. The molecule has 14 heavy (non-hydrogen) atoms. The zero-order valence-corrected chi connectivity index (χ0v) is 8.54. The van der Waals surface area contributed by atoms with Gasteiger partial charge in [-0.05, 0) is 0 Å². The van der Waals surface area contributed by atoms with Gasteiger partial charge in [-0.25, -0.2) is 4.98 Å². The Hall–Kier alpha value is -0.940. The van der Waals surface area contributed by atoms with Crippen molar-refractivity contribution in [3.63, 3.8) is 0 Å². The van der Waals surface area contributed by atoms with E-state index in [1.54, 1.807) is 10.4 Å². The maximum absolute atomic E-state index is 11.5. The summed E-state index contributed by atoms with van der Waals surface area (Å²) in [5.41, 5.74) is 2.70. The number of amides is 1. The molecule has 0 bridgehead atoms. The summed E-state index contributed by atoms with van der Waals surface area (Å²) in [5.74, 6) is 0.234. The number of thiazole rings is 1. The van der Waals surface area contributed by atoms with Crippen LogP contribution >= 0.6 is 11.3 Å². The Balaban J connectivity index is 1.96. The molecule has 1 fully saturated rings. The third kappa shape index (κ3) is 1.93. The van der Waals surface area contributed by atoms with Gasteiger partial charge in [-0.1, -0.05) is 0 Å². The molecule has 0 radical (unpaired) electrons. The minimum Gasteiger partial charge on any atom is -0.396 e. The van der Waals surface area contributed by atoms with Gasteiger partial charge in [0.2, 0.25) is 5.91 Å². The lowest BCUT2D eigenvalue weighted by molar-refractivity contribution is -0.128. The predicted molar refractivity (Wildman–Crippen MR) is 52.7 cm³/mol. The number of aliphatic hydroxyl groups excluding tert-OH is 1. The van der Waals surface area contributed by atoms with Crippen LogP contribution in [0.5, 0.6) is 0 Å². The monoisotopic (exact) mass is 212 g/mol. The second-order valence-corrected chi connectivity index (χ2v) is 4.23. The van der Waals surface area contributed by atoms with Crippen LogP contribution in [0.1, 0.15) is 12.1 Å². The molecule has 1 saturated heterocycles. The summed E-state index contributed by atoms with van der Waals surface area (Å²) in [7, 11) is 0. The van der Waals surface area contributed by atoms with Crippen molar-refractivity contribution < 1.29 is 9.90 Å². The normalized spacial score (nSPS) is 21.9. The first-order valence-electron chi connectivity index (χ1n) is 4.55. The summed E-state index contributed by atoms with van der Waals surface area (Å²) in [6.45, 7) is 1.34. The first-order chi connectivity index (χ1) is 6.79. The summed E-state index contributed by atoms with van der Waals surface area (Å²) in [6.07, 6.45) is 0.473. The largest absolute Gasteiger partial charge is 0.396 e. The van der Waals surface area contributed by atoms with E-state index in [1.165, 1.54) is 11.3 Å². The molecule has 1 aliphatic rings. The van der Waals surface area contributed by atoms with Crippen LogP contribution in [0.15, 0.2) is 10.9 Å². The highest BCUT2D eigenvalue weighted by Crippen LogP contribution is 2.19. The van der Waals surface area contributed by atoms with Gasteiger partial charge in [-0.2, -0.15) is 0 Å². The Kier molecular flexibility index (Phi) is 2.79. The van der Waals surface area contributed by atoms with Crippen molar-refractivity contribution in [3.8, 4) is 0 Å². The molecule has 4 nitrogen and oxygen atoms in total. The average molecular weight is 212 g/mol. The van der Waals surface area contributed by atoms with E-state index < -0.39 is 0 Å². The number of nitrogens with zero attached hydrogens (tertiary/aromatic N) is 2. The number of aliphatic hydroxyl groups is 1. The zero-order valence-electron chi connectivity index (χ0n) is 7.72. The zero-order chi connectivity index (χ0) is 9.97. The first kappa shape index (κ1) is 9.61. The van der Waals surface area contributed by atoms with Gasteiger partial charge in [-0.3, -0.25) is 4.79 Å². The van der Waals surface area contributed by atoms with Crippen LogP contribution in [0.2, 0.25) is 0 Å². The highest BCUT2D eigenvalue weighted by molar-refractivity contribution is 7.07. The molecule has 2 rings (SSSR count). The Labute approximate surface area is 86.2 Å². The summed E-state index contributed by atoms with van der Waals surface area (Å²) in [5, 5.41) is 10.9. The fraction of sp³-hybridized carbons (Fsp3) is 0.556. The van der Waals surface area contributed by atoms with Crippen LogP contribution in [0.3, 0.4) is 0 Å². The van der Waals surface area contributed by atoms with Gasteiger partial charge in [0.1, 0.15) is 0 Å². The Bertz CT molecular complexity index is 313. The maximum Gasteiger partial charge on any atom is 0.223 e. The minimum atomic E-state index is 0.0965. The van der Waals surface area contributed by atoms with Crippen LogP contribution < -0.4 is 0 Å². The number of carbonyl (C=O) groups is 1. The topological polar surface area (TPSA) is 53.4 Å². The quantitative estimate of drug-likeness (QED) is 0.793. The lowest BCUT2D eigenvalue weighted by atomic mass is 10.1. The van der Waals surface area contributed by atoms with Crippen molar-refractivity contribution in [2.45, 2.75) is 13.0 Å². The second kappa shape index (κ2) is 4.06. The maximum atomic E-state index is 11.5. The predicted octanol–water partition coefficient (Wildman–Crippen LogP) is 0.484. The molecule has 5 heteroatoms. The van der Waals surface area contributed by atoms with E-state index in [0.29, 0.717) is 19.5 Å². The SMILES string of the molecule is O=C1CC(CO)CN1Cc1cscn1. The third-order valence-corrected chi connectivity index (χ3v) is 3.02. The van der Waals surface area contributed by atoms with Gasteiger partial charge in [0.15, 0.2) is 0 Å². The molecule has 76 valence electrons. The molecule has 1 atom stereocenters. The van der Waals surface area contributed by atoms with Crippen molar-refractivity contribution in [1.29, 1.82) is 0 Å². The number of likely N-dealkylation sites (tertiary alicyclic amines) is 1. The van der Waals surface area contributed by atoms with Gasteiger partial charge in [0.05, 0.1) is 17.7 Å². The lowest BCUT2D eigenvalue weighted by Gasteiger charge is -2.14. The number of rotatable bonds is 3. The van der Waals surface area contributed by atoms with Crippen LogP contribution in [-0.2, 0) is 11.3 Å². The Morgan fingerprint density at radius 2 is 2.57 bits per heavy atom. The van der Waals surface area contributed by atoms with Crippen molar-refractivity contribution in [1.82, 2.24) is 9.88 Å². The van der Waals surface area contributed by atoms with Crippen molar-refractivity contribution in [3.05, 3.63) is 16.6 Å². The van der Waals surface area contributed by atoms with Crippen LogP contribution in [0, 0.1) is 5.92 Å². The highest BCUT2D eigenvalue weighted by Gasteiger charge is 2.28. The molecule has 0 aromatic carbocycles. The Morgan fingerprint density at radius 3 is 3.14 bits per heavy atom. The molecule has 0 saturated carbocycles. The van der Waals surface area contributed by atoms with Crippen molar-refractivity contribution in [2.24, 2.45) is 5.92 Å². The van der Waals surface area contributed by atoms with E-state index in [-0.39, 0.29) is 18.4 Å². The molecule has 0 aliphatic carbocycles. The van der Waals surface area contributed by atoms with Gasteiger partial charge in [-0.15, -0.1) is 11.3 Å². The molecule has 2 heterocycles.